The van der Waals surface area contributed by atoms with Crippen molar-refractivity contribution in [1.82, 2.24) is 0 Å². The first kappa shape index (κ1) is 14.7. The summed E-state index contributed by atoms with van der Waals surface area (Å²) < 4.78 is 0. The molecule has 0 aliphatic rings. The Labute approximate surface area is 111 Å². The fraction of sp³-hybridized carbons (Fsp3) is 0.562. The third kappa shape index (κ3) is 2.74. The fourth-order valence-electron chi connectivity index (χ4n) is 1.93. The molecule has 0 aromatic heterocycles. The van der Waals surface area contributed by atoms with E-state index in [1.807, 2.05) is 6.07 Å². The summed E-state index contributed by atoms with van der Waals surface area (Å²) in [6.45, 7) is 12.8. The second kappa shape index (κ2) is 4.75. The highest BCUT2D eigenvalue weighted by Gasteiger charge is 2.25. The highest BCUT2D eigenvalue weighted by molar-refractivity contribution is 5.82. The summed E-state index contributed by atoms with van der Waals surface area (Å²) in [7, 11) is 0. The Bertz CT molecular complexity index is 453. The molecule has 18 heavy (non-hydrogen) atoms. The number of aromatic hydroxyl groups is 1. The van der Waals surface area contributed by atoms with Crippen molar-refractivity contribution in [3.63, 3.8) is 0 Å². The molecule has 0 spiro atoms. The van der Waals surface area contributed by atoms with Gasteiger partial charge in [-0.25, -0.2) is 0 Å². The van der Waals surface area contributed by atoms with Crippen LogP contribution in [0.25, 0.3) is 0 Å². The summed E-state index contributed by atoms with van der Waals surface area (Å²) >= 11 is 0. The molecule has 0 saturated heterocycles. The lowest BCUT2D eigenvalue weighted by Crippen LogP contribution is -2.19. The van der Waals surface area contributed by atoms with Crippen LogP contribution in [0.5, 0.6) is 5.75 Å². The summed E-state index contributed by atoms with van der Waals surface area (Å²) in [5.74, 6) is 0.244. The van der Waals surface area contributed by atoms with E-state index in [4.69, 9.17) is 5.41 Å². The van der Waals surface area contributed by atoms with Crippen LogP contribution in [0.3, 0.4) is 0 Å². The third-order valence-corrected chi connectivity index (χ3v) is 3.77. The normalized spacial score (nSPS) is 12.6. The Hall–Kier alpha value is -1.31. The molecule has 100 valence electrons. The third-order valence-electron chi connectivity index (χ3n) is 3.77. The van der Waals surface area contributed by atoms with Gasteiger partial charge in [0.1, 0.15) is 5.75 Å². The van der Waals surface area contributed by atoms with Crippen molar-refractivity contribution in [3.8, 4) is 5.75 Å². The van der Waals surface area contributed by atoms with Gasteiger partial charge in [0, 0.05) is 17.3 Å². The topological polar surface area (TPSA) is 44.1 Å². The predicted molar refractivity (Wildman–Crippen MR) is 78.0 cm³/mol. The Morgan fingerprint density at radius 1 is 1.17 bits per heavy atom. The number of hydrogen-bond acceptors (Lipinski definition) is 2. The number of rotatable bonds is 3. The first-order valence-electron chi connectivity index (χ1n) is 6.52. The van der Waals surface area contributed by atoms with Crippen molar-refractivity contribution in [2.24, 2.45) is 0 Å². The van der Waals surface area contributed by atoms with Crippen molar-refractivity contribution in [3.05, 3.63) is 28.8 Å². The summed E-state index contributed by atoms with van der Waals surface area (Å²) in [5.41, 5.74) is 2.65. The van der Waals surface area contributed by atoms with Crippen LogP contribution in [-0.2, 0) is 10.8 Å². The standard InChI is InChI=1S/C16H25NO/c1-7-16(5,6)12-8-11(10-17)14(18)13(9-12)15(2,3)4/h8-10,17-18H,7H2,1-6H3. The van der Waals surface area contributed by atoms with E-state index in [0.29, 0.717) is 5.56 Å². The Morgan fingerprint density at radius 2 is 1.72 bits per heavy atom. The molecule has 0 heterocycles. The Kier molecular flexibility index (Phi) is 3.89. The zero-order valence-corrected chi connectivity index (χ0v) is 12.4. The molecular weight excluding hydrogens is 222 g/mol. The zero-order valence-electron chi connectivity index (χ0n) is 12.4. The van der Waals surface area contributed by atoms with Gasteiger partial charge in [-0.15, -0.1) is 0 Å². The second-order valence-corrected chi connectivity index (χ2v) is 6.59. The van der Waals surface area contributed by atoms with E-state index >= 15 is 0 Å². The van der Waals surface area contributed by atoms with Crippen molar-refractivity contribution >= 4 is 6.21 Å². The molecular formula is C16H25NO. The summed E-state index contributed by atoms with van der Waals surface area (Å²) in [4.78, 5) is 0. The molecule has 2 heteroatoms. The van der Waals surface area contributed by atoms with Gasteiger partial charge in [0.2, 0.25) is 0 Å². The Morgan fingerprint density at radius 3 is 2.11 bits per heavy atom. The first-order valence-corrected chi connectivity index (χ1v) is 6.52. The minimum atomic E-state index is -0.123. The molecule has 1 aromatic rings. The maximum atomic E-state index is 10.2. The lowest BCUT2D eigenvalue weighted by atomic mass is 9.77. The molecule has 0 aliphatic heterocycles. The van der Waals surface area contributed by atoms with E-state index in [9.17, 15) is 5.11 Å². The number of benzene rings is 1. The monoisotopic (exact) mass is 247 g/mol. The van der Waals surface area contributed by atoms with E-state index in [2.05, 4.69) is 47.6 Å². The van der Waals surface area contributed by atoms with Gasteiger partial charge in [-0.2, -0.15) is 0 Å². The zero-order chi connectivity index (χ0) is 14.1. The van der Waals surface area contributed by atoms with Crippen molar-refractivity contribution in [2.75, 3.05) is 0 Å². The molecule has 0 aliphatic carbocycles. The molecule has 1 aromatic carbocycles. The molecule has 1 rings (SSSR count). The van der Waals surface area contributed by atoms with Crippen LogP contribution in [0.1, 0.15) is 64.7 Å². The van der Waals surface area contributed by atoms with Gasteiger partial charge in [0.15, 0.2) is 0 Å². The van der Waals surface area contributed by atoms with Gasteiger partial charge in [-0.1, -0.05) is 47.6 Å². The van der Waals surface area contributed by atoms with Crippen molar-refractivity contribution in [1.29, 1.82) is 5.41 Å². The quantitative estimate of drug-likeness (QED) is 0.765. The minimum absolute atomic E-state index is 0.0610. The van der Waals surface area contributed by atoms with E-state index in [1.165, 1.54) is 11.8 Å². The number of phenols is 1. The van der Waals surface area contributed by atoms with Gasteiger partial charge < -0.3 is 10.5 Å². The van der Waals surface area contributed by atoms with E-state index in [0.717, 1.165) is 12.0 Å². The largest absolute Gasteiger partial charge is 0.507 e. The van der Waals surface area contributed by atoms with Gasteiger partial charge in [-0.05, 0) is 28.9 Å². The van der Waals surface area contributed by atoms with Crippen LogP contribution in [0, 0.1) is 5.41 Å². The molecule has 0 bridgehead atoms. The molecule has 0 atom stereocenters. The van der Waals surface area contributed by atoms with Gasteiger partial charge in [0.25, 0.3) is 0 Å². The van der Waals surface area contributed by atoms with Crippen LogP contribution >= 0.6 is 0 Å². The van der Waals surface area contributed by atoms with Crippen LogP contribution in [0.4, 0.5) is 0 Å². The number of nitrogens with one attached hydrogen (secondary N) is 1. The minimum Gasteiger partial charge on any atom is -0.507 e. The number of hydrogen-bond donors (Lipinski definition) is 2. The van der Waals surface area contributed by atoms with Crippen molar-refractivity contribution in [2.45, 2.75) is 58.8 Å². The van der Waals surface area contributed by atoms with E-state index < -0.39 is 0 Å². The smallest absolute Gasteiger partial charge is 0.128 e. The molecule has 0 unspecified atom stereocenters. The van der Waals surface area contributed by atoms with Crippen LogP contribution in [0.2, 0.25) is 0 Å². The summed E-state index contributed by atoms with van der Waals surface area (Å²) in [5, 5.41) is 17.7. The average molecular weight is 247 g/mol. The Balaban J connectivity index is 3.55. The molecule has 2 N–H and O–H groups in total. The second-order valence-electron chi connectivity index (χ2n) is 6.59. The van der Waals surface area contributed by atoms with Gasteiger partial charge in [-0.3, -0.25) is 0 Å². The summed E-state index contributed by atoms with van der Waals surface area (Å²) in [6.07, 6.45) is 2.26. The molecule has 0 fully saturated rings. The van der Waals surface area contributed by atoms with E-state index in [-0.39, 0.29) is 16.6 Å². The highest BCUT2D eigenvalue weighted by Crippen LogP contribution is 2.37. The SMILES string of the molecule is CCC(C)(C)c1cc(C=N)c(O)c(C(C)(C)C)c1. The van der Waals surface area contributed by atoms with Crippen molar-refractivity contribution < 1.29 is 5.11 Å². The lowest BCUT2D eigenvalue weighted by molar-refractivity contribution is 0.441. The van der Waals surface area contributed by atoms with Crippen LogP contribution < -0.4 is 0 Å². The van der Waals surface area contributed by atoms with Crippen LogP contribution in [-0.4, -0.2) is 11.3 Å². The lowest BCUT2D eigenvalue weighted by Gasteiger charge is -2.28. The maximum absolute atomic E-state index is 10.2. The predicted octanol–water partition coefficient (Wildman–Crippen LogP) is 4.37. The molecule has 0 amide bonds. The molecule has 0 saturated carbocycles. The number of phenolic OH excluding ortho intramolecular Hbond substituents is 1. The van der Waals surface area contributed by atoms with Crippen LogP contribution in [0.15, 0.2) is 12.1 Å². The maximum Gasteiger partial charge on any atom is 0.128 e. The first-order chi connectivity index (χ1) is 8.13. The molecule has 0 radical (unpaired) electrons. The van der Waals surface area contributed by atoms with E-state index in [1.54, 1.807) is 0 Å². The average Bonchev–Trinajstić information content (AvgIpc) is 2.27. The van der Waals surface area contributed by atoms with Gasteiger partial charge in [0.05, 0.1) is 0 Å². The fourth-order valence-corrected chi connectivity index (χ4v) is 1.93. The molecule has 2 nitrogen and oxygen atoms in total. The summed E-state index contributed by atoms with van der Waals surface area (Å²) in [6, 6.07) is 4.02. The highest BCUT2D eigenvalue weighted by atomic mass is 16.3. The van der Waals surface area contributed by atoms with Gasteiger partial charge >= 0.3 is 0 Å².